The van der Waals surface area contributed by atoms with Crippen molar-refractivity contribution in [2.45, 2.75) is 32.3 Å². The molecule has 3 N–H and O–H groups in total. The third kappa shape index (κ3) is 23.8. The number of aliphatic hydroxyl groups is 1. The predicted molar refractivity (Wildman–Crippen MR) is 211 cm³/mol. The molecule has 0 aromatic heterocycles. The Hall–Kier alpha value is -5.17. The average molecular weight is 815 g/mol. The summed E-state index contributed by atoms with van der Waals surface area (Å²) in [5.41, 5.74) is 9.64. The molecule has 0 unspecified atom stereocenters. The van der Waals surface area contributed by atoms with E-state index in [9.17, 15) is 29.4 Å². The monoisotopic (exact) mass is 814 g/mol. The van der Waals surface area contributed by atoms with Crippen LogP contribution in [0.15, 0.2) is 53.7 Å². The van der Waals surface area contributed by atoms with Crippen molar-refractivity contribution in [1.82, 2.24) is 5.32 Å². The summed E-state index contributed by atoms with van der Waals surface area (Å²) in [5.74, 6) is -1.22. The molecule has 2 aromatic carbocycles. The molecule has 0 aliphatic carbocycles. The van der Waals surface area contributed by atoms with Gasteiger partial charge in [0.25, 0.3) is 0 Å². The van der Waals surface area contributed by atoms with Crippen molar-refractivity contribution in [2.24, 2.45) is 5.11 Å². The van der Waals surface area contributed by atoms with Gasteiger partial charge in [0.15, 0.2) is 23.1 Å². The van der Waals surface area contributed by atoms with E-state index >= 15 is 0 Å². The fourth-order valence-corrected chi connectivity index (χ4v) is 4.65. The lowest BCUT2D eigenvalue weighted by Gasteiger charge is -2.10. The molecule has 318 valence electrons. The molecule has 18 nitrogen and oxygen atoms in total. The van der Waals surface area contributed by atoms with E-state index in [0.717, 1.165) is 0 Å². The van der Waals surface area contributed by atoms with E-state index in [-0.39, 0.29) is 55.4 Å². The Morgan fingerprint density at radius 3 is 1.81 bits per heavy atom. The van der Waals surface area contributed by atoms with Crippen LogP contribution in [0.1, 0.15) is 42.4 Å². The fourth-order valence-electron chi connectivity index (χ4n) is 4.65. The van der Waals surface area contributed by atoms with Crippen LogP contribution in [0.5, 0.6) is 17.2 Å². The largest absolute Gasteiger partial charge is 0.508 e. The zero-order valence-corrected chi connectivity index (χ0v) is 32.8. The van der Waals surface area contributed by atoms with Crippen LogP contribution in [0.2, 0.25) is 0 Å². The van der Waals surface area contributed by atoms with Crippen molar-refractivity contribution >= 4 is 35.6 Å². The molecule has 0 heterocycles. The molecule has 18 heteroatoms. The number of hydrogen-bond acceptors (Lipinski definition) is 15. The number of azide groups is 1. The molecule has 0 spiro atoms. The number of carbonyl (C=O) groups excluding carboxylic acids is 4. The number of nitrogens with zero attached hydrogens (tertiary/aromatic N) is 3. The molecule has 0 saturated heterocycles. The Labute approximate surface area is 337 Å². The fraction of sp³-hybridized carbons (Fsp3) is 0.500. The highest BCUT2D eigenvalue weighted by Crippen LogP contribution is 2.29. The molecule has 0 bridgehead atoms. The van der Waals surface area contributed by atoms with E-state index in [1.165, 1.54) is 49.6 Å². The van der Waals surface area contributed by atoms with Crippen molar-refractivity contribution in [2.75, 3.05) is 99.5 Å². The van der Waals surface area contributed by atoms with Crippen molar-refractivity contribution in [3.63, 3.8) is 0 Å². The highest BCUT2D eigenvalue weighted by atomic mass is 16.6. The van der Waals surface area contributed by atoms with Crippen molar-refractivity contribution in [3.05, 3.63) is 75.7 Å². The number of nitrogens with one attached hydrogen (secondary N) is 1. The molecule has 0 aliphatic rings. The third-order valence-electron chi connectivity index (χ3n) is 7.57. The molecule has 0 fully saturated rings. The van der Waals surface area contributed by atoms with Crippen LogP contribution in [-0.4, -0.2) is 133 Å². The lowest BCUT2D eigenvalue weighted by Crippen LogP contribution is -2.27. The number of hydrogen-bond donors (Lipinski definition) is 3. The number of aliphatic hydroxyl groups excluding tert-OH is 1. The lowest BCUT2D eigenvalue weighted by molar-refractivity contribution is -0.134. The quantitative estimate of drug-likeness (QED) is 0.0133. The molecule has 0 atom stereocenters. The van der Waals surface area contributed by atoms with E-state index < -0.39 is 17.5 Å². The topological polar surface area (TPSA) is 243 Å². The maximum Gasteiger partial charge on any atom is 0.311 e. The Balaban J connectivity index is 1.48. The van der Waals surface area contributed by atoms with E-state index in [0.29, 0.717) is 109 Å². The normalized spacial score (nSPS) is 11.1. The first-order valence-electron chi connectivity index (χ1n) is 18.7. The molecular weight excluding hydrogens is 760 g/mol. The van der Waals surface area contributed by atoms with Gasteiger partial charge in [0.1, 0.15) is 5.75 Å². The van der Waals surface area contributed by atoms with Gasteiger partial charge in [0.05, 0.1) is 99.4 Å². The number of methoxy groups -OCH3 is 1. The van der Waals surface area contributed by atoms with Crippen LogP contribution >= 0.6 is 0 Å². The number of allylic oxidation sites excluding steroid dienone is 2. The number of esters is 1. The Morgan fingerprint density at radius 1 is 0.724 bits per heavy atom. The van der Waals surface area contributed by atoms with Crippen molar-refractivity contribution in [1.29, 1.82) is 0 Å². The van der Waals surface area contributed by atoms with Crippen LogP contribution in [0.25, 0.3) is 22.6 Å². The van der Waals surface area contributed by atoms with Gasteiger partial charge in [0.2, 0.25) is 5.91 Å². The van der Waals surface area contributed by atoms with Gasteiger partial charge in [-0.15, -0.1) is 0 Å². The van der Waals surface area contributed by atoms with Crippen LogP contribution in [-0.2, 0) is 54.2 Å². The van der Waals surface area contributed by atoms with Gasteiger partial charge in [-0.1, -0.05) is 29.4 Å². The van der Waals surface area contributed by atoms with Crippen molar-refractivity contribution < 1.29 is 67.3 Å². The van der Waals surface area contributed by atoms with Gasteiger partial charge in [-0.2, -0.15) is 0 Å². The number of ether oxygens (including phenoxy) is 8. The van der Waals surface area contributed by atoms with E-state index in [1.54, 1.807) is 18.2 Å². The number of rotatable bonds is 34. The lowest BCUT2D eigenvalue weighted by atomic mass is 10.1. The zero-order valence-electron chi connectivity index (χ0n) is 32.8. The Morgan fingerprint density at radius 2 is 1.26 bits per heavy atom. The molecule has 0 saturated carbocycles. The minimum Gasteiger partial charge on any atom is -0.508 e. The van der Waals surface area contributed by atoms with E-state index in [1.807, 2.05) is 0 Å². The maximum absolute atomic E-state index is 12.4. The van der Waals surface area contributed by atoms with Gasteiger partial charge in [-0.25, -0.2) is 0 Å². The molecular formula is C40H54N4O14. The second-order valence-corrected chi connectivity index (χ2v) is 12.0. The number of carbonyl (C=O) groups is 4. The highest BCUT2D eigenvalue weighted by molar-refractivity contribution is 6.10. The first-order valence-corrected chi connectivity index (χ1v) is 18.7. The molecule has 2 rings (SSSR count). The SMILES string of the molecule is COc1cc(C=CC(=O)CC(=O)C=Cc2ccc(O)c(CO)c2)ccc1OC(=O)CCCC(=O)NCCOCCOCCOCCOCCOCCOCCN=[N+]=[N-]. The number of ketones is 2. The van der Waals surface area contributed by atoms with Gasteiger partial charge >= 0.3 is 5.97 Å². The second-order valence-electron chi connectivity index (χ2n) is 12.0. The summed E-state index contributed by atoms with van der Waals surface area (Å²) in [7, 11) is 1.41. The average Bonchev–Trinajstić information content (AvgIpc) is 3.21. The molecule has 2 aromatic rings. The molecule has 1 amide bonds. The number of benzene rings is 2. The van der Waals surface area contributed by atoms with Crippen molar-refractivity contribution in [3.8, 4) is 17.2 Å². The molecule has 0 aliphatic heterocycles. The van der Waals surface area contributed by atoms with E-state index in [2.05, 4.69) is 15.3 Å². The summed E-state index contributed by atoms with van der Waals surface area (Å²) in [6.07, 6.45) is 5.58. The summed E-state index contributed by atoms with van der Waals surface area (Å²) < 4.78 is 43.1. The standard InChI is InChI=1S/C40H54N4O14/c1-51-38-28-32(6-10-35(47)29-34(46)9-5-31-7-11-36(48)33(27-31)30-45)8-12-37(38)58-40(50)4-2-3-39(49)42-13-15-52-17-19-54-21-23-56-25-26-57-24-22-55-20-18-53-16-14-43-44-41/h5-12,27-28,45,48H,2-4,13-26,29-30H2,1H3,(H,42,49). The van der Waals surface area contributed by atoms with Gasteiger partial charge in [0, 0.05) is 36.4 Å². The first kappa shape index (κ1) is 49.0. The summed E-state index contributed by atoms with van der Waals surface area (Å²) >= 11 is 0. The Kier molecular flexibility index (Phi) is 26.9. The summed E-state index contributed by atoms with van der Waals surface area (Å²) in [6.45, 7) is 5.13. The smallest absolute Gasteiger partial charge is 0.311 e. The molecule has 58 heavy (non-hydrogen) atoms. The number of amides is 1. The second kappa shape index (κ2) is 31.9. The summed E-state index contributed by atoms with van der Waals surface area (Å²) in [6, 6.07) is 9.24. The minimum atomic E-state index is -0.542. The summed E-state index contributed by atoms with van der Waals surface area (Å²) in [4.78, 5) is 51.8. The summed E-state index contributed by atoms with van der Waals surface area (Å²) in [5, 5.41) is 25.0. The molecule has 0 radical (unpaired) electrons. The van der Waals surface area contributed by atoms with Gasteiger partial charge < -0.3 is 53.4 Å². The van der Waals surface area contributed by atoms with Crippen LogP contribution in [0, 0.1) is 0 Å². The van der Waals surface area contributed by atoms with Gasteiger partial charge in [-0.3, -0.25) is 19.2 Å². The van der Waals surface area contributed by atoms with Gasteiger partial charge in [-0.05, 0) is 59.5 Å². The minimum absolute atomic E-state index is 0.00414. The Bertz CT molecular complexity index is 1650. The number of aromatic hydroxyl groups is 1. The predicted octanol–water partition coefficient (Wildman–Crippen LogP) is 3.75. The maximum atomic E-state index is 12.4. The van der Waals surface area contributed by atoms with Crippen LogP contribution < -0.4 is 14.8 Å². The first-order chi connectivity index (χ1) is 28.2. The highest BCUT2D eigenvalue weighted by Gasteiger charge is 2.12. The van der Waals surface area contributed by atoms with E-state index in [4.69, 9.17) is 43.4 Å². The third-order valence-corrected chi connectivity index (χ3v) is 7.57. The van der Waals surface area contributed by atoms with Crippen LogP contribution in [0.4, 0.5) is 0 Å². The van der Waals surface area contributed by atoms with Crippen LogP contribution in [0.3, 0.4) is 0 Å². The zero-order chi connectivity index (χ0) is 42.1. The number of phenols is 1.